The van der Waals surface area contributed by atoms with E-state index in [0.717, 1.165) is 4.70 Å². The SMILES string of the molecule is O=C(NC1=C/C=C\C=C/C=C\1)c1csc2cnc(Cl)nc12. The maximum absolute atomic E-state index is 12.4. The number of nitrogens with one attached hydrogen (secondary N) is 1. The molecule has 0 aliphatic heterocycles. The number of aromatic nitrogens is 2. The number of amides is 1. The van der Waals surface area contributed by atoms with Gasteiger partial charge >= 0.3 is 0 Å². The molecular weight excluding hydrogens is 306 g/mol. The average Bonchev–Trinajstić information content (AvgIpc) is 2.84. The van der Waals surface area contributed by atoms with Gasteiger partial charge in [0.15, 0.2) is 0 Å². The number of hydrogen-bond donors (Lipinski definition) is 1. The minimum absolute atomic E-state index is 0.132. The lowest BCUT2D eigenvalue weighted by atomic mass is 10.2. The lowest BCUT2D eigenvalue weighted by molar-refractivity contribution is 0.0969. The number of allylic oxidation sites excluding steroid dienone is 7. The Hall–Kier alpha value is -2.24. The number of nitrogens with zero attached hydrogens (tertiary/aromatic N) is 2. The van der Waals surface area contributed by atoms with Crippen molar-refractivity contribution in [2.24, 2.45) is 0 Å². The summed E-state index contributed by atoms with van der Waals surface area (Å²) in [4.78, 5) is 20.4. The lowest BCUT2D eigenvalue weighted by Gasteiger charge is -2.05. The van der Waals surface area contributed by atoms with Gasteiger partial charge in [0.05, 0.1) is 15.8 Å². The zero-order valence-corrected chi connectivity index (χ0v) is 12.4. The van der Waals surface area contributed by atoms with Gasteiger partial charge in [-0.2, -0.15) is 0 Å². The Balaban J connectivity index is 1.89. The van der Waals surface area contributed by atoms with Crippen LogP contribution in [-0.4, -0.2) is 15.9 Å². The molecule has 0 spiro atoms. The van der Waals surface area contributed by atoms with Gasteiger partial charge in [0.25, 0.3) is 5.91 Å². The second kappa shape index (κ2) is 6.03. The first-order valence-electron chi connectivity index (χ1n) is 6.17. The van der Waals surface area contributed by atoms with Crippen molar-refractivity contribution in [1.29, 1.82) is 0 Å². The van der Waals surface area contributed by atoms with Crippen molar-refractivity contribution >= 4 is 39.1 Å². The molecule has 6 heteroatoms. The monoisotopic (exact) mass is 315 g/mol. The van der Waals surface area contributed by atoms with E-state index in [-0.39, 0.29) is 11.2 Å². The van der Waals surface area contributed by atoms with Gasteiger partial charge in [-0.05, 0) is 23.8 Å². The Morgan fingerprint density at radius 2 is 2.00 bits per heavy atom. The Labute approximate surface area is 130 Å². The van der Waals surface area contributed by atoms with E-state index in [0.29, 0.717) is 16.8 Å². The molecule has 0 radical (unpaired) electrons. The predicted octanol–water partition coefficient (Wildman–Crippen LogP) is 3.64. The van der Waals surface area contributed by atoms with Crippen molar-refractivity contribution < 1.29 is 4.79 Å². The largest absolute Gasteiger partial charge is 0.322 e. The molecule has 1 amide bonds. The maximum Gasteiger partial charge on any atom is 0.258 e. The third-order valence-electron chi connectivity index (χ3n) is 2.78. The second-order valence-electron chi connectivity index (χ2n) is 4.21. The highest BCUT2D eigenvalue weighted by atomic mass is 35.5. The van der Waals surface area contributed by atoms with Crippen LogP contribution < -0.4 is 5.32 Å². The molecule has 3 rings (SSSR count). The summed E-state index contributed by atoms with van der Waals surface area (Å²) in [7, 11) is 0. The van der Waals surface area contributed by atoms with E-state index in [2.05, 4.69) is 15.3 Å². The third-order valence-corrected chi connectivity index (χ3v) is 3.87. The van der Waals surface area contributed by atoms with E-state index >= 15 is 0 Å². The zero-order valence-electron chi connectivity index (χ0n) is 10.8. The second-order valence-corrected chi connectivity index (χ2v) is 5.46. The van der Waals surface area contributed by atoms with E-state index < -0.39 is 0 Å². The number of halogens is 1. The molecule has 2 aromatic heterocycles. The minimum Gasteiger partial charge on any atom is -0.322 e. The van der Waals surface area contributed by atoms with Crippen LogP contribution in [0.3, 0.4) is 0 Å². The predicted molar refractivity (Wildman–Crippen MR) is 85.4 cm³/mol. The topological polar surface area (TPSA) is 54.9 Å². The average molecular weight is 316 g/mol. The molecule has 0 saturated heterocycles. The highest BCUT2D eigenvalue weighted by Gasteiger charge is 2.14. The maximum atomic E-state index is 12.4. The van der Waals surface area contributed by atoms with E-state index in [9.17, 15) is 4.79 Å². The van der Waals surface area contributed by atoms with Crippen molar-refractivity contribution in [3.8, 4) is 0 Å². The van der Waals surface area contributed by atoms with Gasteiger partial charge in [0, 0.05) is 17.3 Å². The number of thiophene rings is 1. The molecule has 104 valence electrons. The summed E-state index contributed by atoms with van der Waals surface area (Å²) in [6.45, 7) is 0. The summed E-state index contributed by atoms with van der Waals surface area (Å²) < 4.78 is 0.828. The highest BCUT2D eigenvalue weighted by molar-refractivity contribution is 7.17. The molecule has 2 aromatic rings. The van der Waals surface area contributed by atoms with Gasteiger partial charge in [-0.1, -0.05) is 30.4 Å². The molecule has 1 aliphatic rings. The van der Waals surface area contributed by atoms with Crippen LogP contribution in [-0.2, 0) is 0 Å². The van der Waals surface area contributed by atoms with E-state index in [4.69, 9.17) is 11.6 Å². The van der Waals surface area contributed by atoms with Crippen LogP contribution >= 0.6 is 22.9 Å². The van der Waals surface area contributed by atoms with E-state index in [1.807, 2.05) is 42.5 Å². The molecule has 21 heavy (non-hydrogen) atoms. The van der Waals surface area contributed by atoms with Crippen molar-refractivity contribution in [3.63, 3.8) is 0 Å². The third kappa shape index (κ3) is 3.09. The van der Waals surface area contributed by atoms with Crippen LogP contribution in [0.5, 0.6) is 0 Å². The summed E-state index contributed by atoms with van der Waals surface area (Å²) in [6, 6.07) is 0. The van der Waals surface area contributed by atoms with Crippen LogP contribution in [0.25, 0.3) is 10.2 Å². The Bertz CT molecular complexity index is 817. The highest BCUT2D eigenvalue weighted by Crippen LogP contribution is 2.24. The van der Waals surface area contributed by atoms with E-state index in [1.165, 1.54) is 11.3 Å². The fraction of sp³-hybridized carbons (Fsp3) is 0. The van der Waals surface area contributed by atoms with Crippen LogP contribution in [0, 0.1) is 0 Å². The smallest absolute Gasteiger partial charge is 0.258 e. The first-order valence-corrected chi connectivity index (χ1v) is 7.42. The van der Waals surface area contributed by atoms with Crippen LogP contribution in [0.1, 0.15) is 10.4 Å². The normalized spacial score (nSPS) is 20.9. The first kappa shape index (κ1) is 13.7. The standard InChI is InChI=1S/C15H10ClN3OS/c16-15-17-8-12-13(19-15)11(9-21-12)14(20)18-10-6-4-2-1-3-5-7-10/h1-9H,(H,18,20)/b2-1-,3-1?,4-2?,5-3-,6-4-,7-5?,10-6?,10-7+. The summed E-state index contributed by atoms with van der Waals surface area (Å²) in [5.74, 6) is -0.218. The molecule has 0 aromatic carbocycles. The number of hydrogen-bond acceptors (Lipinski definition) is 4. The first-order chi connectivity index (χ1) is 10.2. The molecule has 4 nitrogen and oxygen atoms in total. The molecule has 0 fully saturated rings. The lowest BCUT2D eigenvalue weighted by Crippen LogP contribution is -2.21. The molecule has 1 N–H and O–H groups in total. The van der Waals surface area contributed by atoms with Crippen LogP contribution in [0.15, 0.2) is 59.8 Å². The molecule has 1 aliphatic carbocycles. The fourth-order valence-corrected chi connectivity index (χ4v) is 2.79. The zero-order chi connectivity index (χ0) is 14.7. The number of carbonyl (C=O) groups is 1. The summed E-state index contributed by atoms with van der Waals surface area (Å²) in [5.41, 5.74) is 1.78. The van der Waals surface area contributed by atoms with E-state index in [1.54, 1.807) is 11.6 Å². The fourth-order valence-electron chi connectivity index (χ4n) is 1.82. The Morgan fingerprint density at radius 1 is 1.19 bits per heavy atom. The number of fused-ring (bicyclic) bond motifs is 1. The quantitative estimate of drug-likeness (QED) is 0.861. The molecule has 0 unspecified atom stereocenters. The van der Waals surface area contributed by atoms with Crippen molar-refractivity contribution in [2.45, 2.75) is 0 Å². The molecule has 0 bridgehead atoms. The van der Waals surface area contributed by atoms with Crippen molar-refractivity contribution in [1.82, 2.24) is 15.3 Å². The van der Waals surface area contributed by atoms with Crippen molar-refractivity contribution in [2.75, 3.05) is 0 Å². The number of rotatable bonds is 2. The van der Waals surface area contributed by atoms with Gasteiger partial charge in [0.1, 0.15) is 0 Å². The number of carbonyl (C=O) groups excluding carboxylic acids is 1. The summed E-state index contributed by atoms with van der Waals surface area (Å²) in [5, 5.41) is 4.74. The minimum atomic E-state index is -0.218. The Kier molecular flexibility index (Phi) is 3.94. The van der Waals surface area contributed by atoms with Crippen LogP contribution in [0.4, 0.5) is 0 Å². The van der Waals surface area contributed by atoms with Gasteiger partial charge < -0.3 is 5.32 Å². The van der Waals surface area contributed by atoms with Gasteiger partial charge in [-0.3, -0.25) is 4.79 Å². The molecule has 0 atom stereocenters. The van der Waals surface area contributed by atoms with Gasteiger partial charge in [-0.15, -0.1) is 11.3 Å². The molecule has 0 saturated carbocycles. The summed E-state index contributed by atoms with van der Waals surface area (Å²) >= 11 is 7.21. The summed E-state index contributed by atoms with van der Waals surface area (Å²) in [6.07, 6.45) is 14.7. The molecular formula is C15H10ClN3OS. The van der Waals surface area contributed by atoms with Crippen molar-refractivity contribution in [3.05, 3.63) is 70.7 Å². The Morgan fingerprint density at radius 3 is 2.90 bits per heavy atom. The molecule has 2 heterocycles. The van der Waals surface area contributed by atoms with Gasteiger partial charge in [0.2, 0.25) is 5.28 Å². The van der Waals surface area contributed by atoms with Crippen LogP contribution in [0.2, 0.25) is 5.28 Å². The van der Waals surface area contributed by atoms with Gasteiger partial charge in [-0.25, -0.2) is 9.97 Å².